The Bertz CT molecular complexity index is 423. The van der Waals surface area contributed by atoms with Gasteiger partial charge in [0.05, 0.1) is 4.99 Å². The molecule has 0 aliphatic rings. The number of unbranched alkanes of at least 4 members (excludes halogenated alkanes) is 1. The number of hydrogen-bond donors (Lipinski definition) is 2. The fourth-order valence-corrected chi connectivity index (χ4v) is 1.65. The van der Waals surface area contributed by atoms with Crippen LogP contribution >= 0.6 is 23.8 Å². The van der Waals surface area contributed by atoms with Crippen LogP contribution in [0.5, 0.6) is 5.75 Å². The van der Waals surface area contributed by atoms with Crippen LogP contribution in [0.2, 0.25) is 5.02 Å². The van der Waals surface area contributed by atoms with Crippen LogP contribution in [0, 0.1) is 0 Å². The molecule has 104 valence electrons. The van der Waals surface area contributed by atoms with Gasteiger partial charge >= 0.3 is 0 Å². The highest BCUT2D eigenvalue weighted by Crippen LogP contribution is 2.15. The van der Waals surface area contributed by atoms with Crippen molar-refractivity contribution in [2.24, 2.45) is 5.73 Å². The number of thiocarbonyl (C=S) groups is 1. The predicted octanol–water partition coefficient (Wildman–Crippen LogP) is 2.29. The maximum absolute atomic E-state index is 11.5. The Morgan fingerprint density at radius 1 is 1.32 bits per heavy atom. The van der Waals surface area contributed by atoms with Crippen LogP contribution in [0.3, 0.4) is 0 Å². The molecule has 0 heterocycles. The summed E-state index contributed by atoms with van der Waals surface area (Å²) in [5.41, 5.74) is 5.37. The number of ether oxygens (including phenoxy) is 1. The van der Waals surface area contributed by atoms with Crippen molar-refractivity contribution in [1.29, 1.82) is 0 Å². The van der Waals surface area contributed by atoms with E-state index in [-0.39, 0.29) is 12.5 Å². The monoisotopic (exact) mass is 300 g/mol. The third-order valence-electron chi connectivity index (χ3n) is 2.36. The van der Waals surface area contributed by atoms with E-state index in [0.29, 0.717) is 28.7 Å². The first kappa shape index (κ1) is 15.7. The zero-order valence-corrected chi connectivity index (χ0v) is 12.1. The number of halogens is 1. The third kappa shape index (κ3) is 7.64. The summed E-state index contributed by atoms with van der Waals surface area (Å²) in [6.07, 6.45) is 2.45. The molecule has 4 nitrogen and oxygen atoms in total. The number of nitrogens with one attached hydrogen (secondary N) is 1. The van der Waals surface area contributed by atoms with Gasteiger partial charge in [-0.05, 0) is 43.5 Å². The van der Waals surface area contributed by atoms with Gasteiger partial charge in [-0.25, -0.2) is 0 Å². The lowest BCUT2D eigenvalue weighted by Crippen LogP contribution is -2.29. The summed E-state index contributed by atoms with van der Waals surface area (Å²) < 4.78 is 5.31. The topological polar surface area (TPSA) is 64.3 Å². The second kappa shape index (κ2) is 8.72. The summed E-state index contributed by atoms with van der Waals surface area (Å²) in [5.74, 6) is 0.471. The van der Waals surface area contributed by atoms with Gasteiger partial charge in [-0.15, -0.1) is 0 Å². The predicted molar refractivity (Wildman–Crippen MR) is 80.6 cm³/mol. The molecule has 1 rings (SSSR count). The van der Waals surface area contributed by atoms with E-state index in [9.17, 15) is 4.79 Å². The smallest absolute Gasteiger partial charge is 0.257 e. The Hall–Kier alpha value is -1.33. The number of rotatable bonds is 8. The van der Waals surface area contributed by atoms with E-state index in [2.05, 4.69) is 5.32 Å². The van der Waals surface area contributed by atoms with Gasteiger partial charge in [-0.1, -0.05) is 23.8 Å². The molecule has 0 aliphatic heterocycles. The molecule has 1 amide bonds. The van der Waals surface area contributed by atoms with E-state index in [0.717, 1.165) is 12.8 Å². The van der Waals surface area contributed by atoms with Crippen LogP contribution in [-0.2, 0) is 4.79 Å². The summed E-state index contributed by atoms with van der Waals surface area (Å²) in [4.78, 5) is 12.0. The van der Waals surface area contributed by atoms with Crippen LogP contribution in [0.1, 0.15) is 19.3 Å². The first-order valence-electron chi connectivity index (χ1n) is 6.01. The van der Waals surface area contributed by atoms with Gasteiger partial charge in [0.25, 0.3) is 5.91 Å². The molecule has 0 saturated carbocycles. The van der Waals surface area contributed by atoms with Crippen molar-refractivity contribution in [1.82, 2.24) is 5.32 Å². The minimum atomic E-state index is -0.148. The molecule has 0 unspecified atom stereocenters. The Balaban J connectivity index is 2.11. The van der Waals surface area contributed by atoms with Crippen LogP contribution in [0.4, 0.5) is 0 Å². The molecular weight excluding hydrogens is 284 g/mol. The van der Waals surface area contributed by atoms with Gasteiger partial charge in [0.2, 0.25) is 0 Å². The third-order valence-corrected chi connectivity index (χ3v) is 2.81. The van der Waals surface area contributed by atoms with Crippen LogP contribution in [0.15, 0.2) is 24.3 Å². The van der Waals surface area contributed by atoms with E-state index in [1.165, 1.54) is 0 Å². The summed E-state index contributed by atoms with van der Waals surface area (Å²) in [6.45, 7) is 0.600. The number of carbonyl (C=O) groups is 1. The zero-order valence-electron chi connectivity index (χ0n) is 10.5. The lowest BCUT2D eigenvalue weighted by atomic mass is 10.2. The van der Waals surface area contributed by atoms with Crippen molar-refractivity contribution in [3.63, 3.8) is 0 Å². The molecule has 0 saturated heterocycles. The molecule has 0 bridgehead atoms. The number of carbonyl (C=O) groups excluding carboxylic acids is 1. The van der Waals surface area contributed by atoms with Crippen molar-refractivity contribution in [3.05, 3.63) is 29.3 Å². The Kier molecular flexibility index (Phi) is 7.22. The SMILES string of the molecule is NC(=S)CCCCNC(=O)COc1ccc(Cl)cc1. The van der Waals surface area contributed by atoms with Crippen molar-refractivity contribution in [2.75, 3.05) is 13.2 Å². The standard InChI is InChI=1S/C13H17ClN2O2S/c14-10-4-6-11(7-5-10)18-9-13(17)16-8-2-1-3-12(15)19/h4-7H,1-3,8-9H2,(H2,15,19)(H,16,17). The molecular formula is C13H17ClN2O2S. The number of nitrogens with two attached hydrogens (primary N) is 1. The molecule has 0 fully saturated rings. The summed E-state index contributed by atoms with van der Waals surface area (Å²) in [7, 11) is 0. The fraction of sp³-hybridized carbons (Fsp3) is 0.385. The van der Waals surface area contributed by atoms with Crippen LogP contribution < -0.4 is 15.8 Å². The second-order valence-corrected chi connectivity index (χ2v) is 4.98. The van der Waals surface area contributed by atoms with Gasteiger partial charge in [-0.3, -0.25) is 4.79 Å². The van der Waals surface area contributed by atoms with Gasteiger partial charge in [0.15, 0.2) is 6.61 Å². The van der Waals surface area contributed by atoms with E-state index >= 15 is 0 Å². The van der Waals surface area contributed by atoms with Crippen molar-refractivity contribution >= 4 is 34.7 Å². The van der Waals surface area contributed by atoms with E-state index in [1.54, 1.807) is 24.3 Å². The van der Waals surface area contributed by atoms with E-state index < -0.39 is 0 Å². The highest BCUT2D eigenvalue weighted by atomic mass is 35.5. The minimum absolute atomic E-state index is 0.00304. The highest BCUT2D eigenvalue weighted by molar-refractivity contribution is 7.80. The Morgan fingerprint density at radius 2 is 2.00 bits per heavy atom. The first-order valence-corrected chi connectivity index (χ1v) is 6.80. The molecule has 0 aromatic heterocycles. The average molecular weight is 301 g/mol. The zero-order chi connectivity index (χ0) is 14.1. The molecule has 6 heteroatoms. The maximum atomic E-state index is 11.5. The lowest BCUT2D eigenvalue weighted by molar-refractivity contribution is -0.123. The summed E-state index contributed by atoms with van der Waals surface area (Å²) in [5, 5.41) is 3.40. The maximum Gasteiger partial charge on any atom is 0.257 e. The Labute approximate surface area is 123 Å². The van der Waals surface area contributed by atoms with Crippen LogP contribution in [0.25, 0.3) is 0 Å². The van der Waals surface area contributed by atoms with Crippen molar-refractivity contribution in [2.45, 2.75) is 19.3 Å². The Morgan fingerprint density at radius 3 is 2.63 bits per heavy atom. The van der Waals surface area contributed by atoms with E-state index in [4.69, 9.17) is 34.3 Å². The molecule has 0 aliphatic carbocycles. The van der Waals surface area contributed by atoms with Gasteiger partial charge in [0.1, 0.15) is 5.75 Å². The van der Waals surface area contributed by atoms with Crippen molar-refractivity contribution < 1.29 is 9.53 Å². The molecule has 1 aromatic carbocycles. The molecule has 3 N–H and O–H groups in total. The molecule has 0 spiro atoms. The quantitative estimate of drug-likeness (QED) is 0.571. The second-order valence-electron chi connectivity index (χ2n) is 4.02. The average Bonchev–Trinajstić information content (AvgIpc) is 2.37. The van der Waals surface area contributed by atoms with E-state index in [1.807, 2.05) is 0 Å². The first-order chi connectivity index (χ1) is 9.08. The minimum Gasteiger partial charge on any atom is -0.484 e. The van der Waals surface area contributed by atoms with Crippen LogP contribution in [-0.4, -0.2) is 24.0 Å². The normalized spacial score (nSPS) is 9.95. The molecule has 0 atom stereocenters. The number of hydrogen-bond acceptors (Lipinski definition) is 3. The molecule has 1 aromatic rings. The molecule has 0 radical (unpaired) electrons. The lowest BCUT2D eigenvalue weighted by Gasteiger charge is -2.07. The fourth-order valence-electron chi connectivity index (χ4n) is 1.38. The highest BCUT2D eigenvalue weighted by Gasteiger charge is 2.02. The number of amides is 1. The molecule has 19 heavy (non-hydrogen) atoms. The summed E-state index contributed by atoms with van der Waals surface area (Å²) >= 11 is 10.5. The van der Waals surface area contributed by atoms with Gasteiger partial charge < -0.3 is 15.8 Å². The van der Waals surface area contributed by atoms with Gasteiger partial charge in [-0.2, -0.15) is 0 Å². The van der Waals surface area contributed by atoms with Gasteiger partial charge in [0, 0.05) is 11.6 Å². The number of benzene rings is 1. The summed E-state index contributed by atoms with van der Waals surface area (Å²) in [6, 6.07) is 6.87. The largest absolute Gasteiger partial charge is 0.484 e. The van der Waals surface area contributed by atoms with Crippen molar-refractivity contribution in [3.8, 4) is 5.75 Å².